The number of aryl methyl sites for hydroxylation is 2. The third kappa shape index (κ3) is 4.48. The molecule has 0 bridgehead atoms. The Labute approximate surface area is 150 Å². The molecule has 1 amide bonds. The monoisotopic (exact) mass is 359 g/mol. The molecule has 1 N–H and O–H groups in total. The number of carbonyl (C=O) groups excluding carboxylic acids is 1. The molecule has 130 valence electrons. The van der Waals surface area contributed by atoms with Crippen molar-refractivity contribution in [1.82, 2.24) is 15.5 Å². The minimum absolute atomic E-state index is 0.104. The Morgan fingerprint density at radius 3 is 2.68 bits per heavy atom. The highest BCUT2D eigenvalue weighted by Crippen LogP contribution is 2.19. The van der Waals surface area contributed by atoms with Gasteiger partial charge in [0, 0.05) is 23.4 Å². The summed E-state index contributed by atoms with van der Waals surface area (Å²) in [4.78, 5) is 16.4. The largest absolute Gasteiger partial charge is 0.464 e. The van der Waals surface area contributed by atoms with Crippen LogP contribution in [-0.2, 0) is 11.2 Å². The third-order valence-electron chi connectivity index (χ3n) is 3.70. The van der Waals surface area contributed by atoms with Gasteiger partial charge in [-0.25, -0.2) is 0 Å². The lowest BCUT2D eigenvalue weighted by Gasteiger charge is -2.10. The van der Waals surface area contributed by atoms with Crippen molar-refractivity contribution < 1.29 is 13.7 Å². The summed E-state index contributed by atoms with van der Waals surface area (Å²) in [5.41, 5.74) is 0.811. The molecule has 0 aliphatic carbocycles. The van der Waals surface area contributed by atoms with Gasteiger partial charge in [-0.2, -0.15) is 4.98 Å². The van der Waals surface area contributed by atoms with Crippen LogP contribution in [0.1, 0.15) is 36.8 Å². The number of amides is 1. The number of aromatic nitrogens is 2. The van der Waals surface area contributed by atoms with Crippen LogP contribution in [-0.4, -0.2) is 16.0 Å². The first-order valence-electron chi connectivity index (χ1n) is 7.95. The van der Waals surface area contributed by atoms with Crippen LogP contribution in [0.4, 0.5) is 0 Å². The number of nitrogens with one attached hydrogen (secondary N) is 1. The fourth-order valence-corrected chi connectivity index (χ4v) is 2.49. The molecule has 0 aliphatic rings. The number of rotatable bonds is 6. The van der Waals surface area contributed by atoms with E-state index in [1.54, 1.807) is 12.1 Å². The number of furan rings is 1. The first kappa shape index (κ1) is 17.2. The molecule has 3 rings (SSSR count). The quantitative estimate of drug-likeness (QED) is 0.716. The van der Waals surface area contributed by atoms with Gasteiger partial charge in [0.05, 0.1) is 6.04 Å². The van der Waals surface area contributed by atoms with Gasteiger partial charge >= 0.3 is 0 Å². The third-order valence-corrected chi connectivity index (χ3v) is 3.95. The number of hydrogen-bond donors (Lipinski definition) is 1. The van der Waals surface area contributed by atoms with E-state index >= 15 is 0 Å². The van der Waals surface area contributed by atoms with Crippen LogP contribution >= 0.6 is 11.6 Å². The number of hydrogen-bond acceptors (Lipinski definition) is 5. The van der Waals surface area contributed by atoms with E-state index in [9.17, 15) is 4.79 Å². The second-order valence-corrected chi connectivity index (χ2v) is 6.19. The fraction of sp³-hybridized carbons (Fsp3) is 0.278. The minimum Gasteiger partial charge on any atom is -0.464 e. The zero-order valence-corrected chi connectivity index (χ0v) is 14.7. The molecule has 0 spiro atoms. The van der Waals surface area contributed by atoms with Crippen LogP contribution in [0.25, 0.3) is 11.4 Å². The maximum Gasteiger partial charge on any atom is 0.227 e. The van der Waals surface area contributed by atoms with E-state index < -0.39 is 0 Å². The van der Waals surface area contributed by atoms with E-state index in [4.69, 9.17) is 20.5 Å². The molecular formula is C18H18ClN3O3. The lowest BCUT2D eigenvalue weighted by molar-refractivity contribution is -0.121. The van der Waals surface area contributed by atoms with Crippen molar-refractivity contribution in [3.8, 4) is 11.4 Å². The van der Waals surface area contributed by atoms with Crippen molar-refractivity contribution in [2.75, 3.05) is 0 Å². The number of nitrogens with zero attached hydrogens (tertiary/aromatic N) is 2. The lowest BCUT2D eigenvalue weighted by atomic mass is 10.2. The molecule has 0 fully saturated rings. The first-order chi connectivity index (χ1) is 12.0. The number of benzene rings is 1. The molecule has 2 heterocycles. The fourth-order valence-electron chi connectivity index (χ4n) is 2.36. The van der Waals surface area contributed by atoms with Gasteiger partial charge in [-0.1, -0.05) is 16.8 Å². The molecule has 0 radical (unpaired) electrons. The summed E-state index contributed by atoms with van der Waals surface area (Å²) < 4.78 is 10.7. The molecule has 3 aromatic rings. The van der Waals surface area contributed by atoms with Crippen molar-refractivity contribution in [1.29, 1.82) is 0 Å². The van der Waals surface area contributed by atoms with Crippen LogP contribution in [0.5, 0.6) is 0 Å². The van der Waals surface area contributed by atoms with Crippen LogP contribution in [0, 0.1) is 6.92 Å². The normalized spacial score (nSPS) is 12.1. The summed E-state index contributed by atoms with van der Waals surface area (Å²) in [6, 6.07) is 10.7. The van der Waals surface area contributed by atoms with E-state index in [1.165, 1.54) is 0 Å². The van der Waals surface area contributed by atoms with Crippen molar-refractivity contribution in [2.24, 2.45) is 0 Å². The average molecular weight is 360 g/mol. The molecule has 7 heteroatoms. The summed E-state index contributed by atoms with van der Waals surface area (Å²) >= 11 is 5.86. The predicted octanol–water partition coefficient (Wildman–Crippen LogP) is 4.10. The van der Waals surface area contributed by atoms with Crippen molar-refractivity contribution >= 4 is 17.5 Å². The summed E-state index contributed by atoms with van der Waals surface area (Å²) in [6.45, 7) is 3.74. The Bertz CT molecular complexity index is 855. The van der Waals surface area contributed by atoms with Crippen LogP contribution < -0.4 is 5.32 Å². The van der Waals surface area contributed by atoms with Gasteiger partial charge in [0.2, 0.25) is 17.6 Å². The summed E-state index contributed by atoms with van der Waals surface area (Å²) in [5.74, 6) is 2.34. The van der Waals surface area contributed by atoms with Gasteiger partial charge in [0.25, 0.3) is 0 Å². The highest BCUT2D eigenvalue weighted by molar-refractivity contribution is 6.30. The summed E-state index contributed by atoms with van der Waals surface area (Å²) in [7, 11) is 0. The molecule has 0 aliphatic heterocycles. The van der Waals surface area contributed by atoms with Gasteiger partial charge < -0.3 is 14.3 Å². The molecule has 0 saturated heterocycles. The standard InChI is InChI=1S/C18H18ClN3O3/c1-11-3-8-15(24-11)12(2)20-16(23)9-10-17-21-18(22-25-17)13-4-6-14(19)7-5-13/h3-8,12H,9-10H2,1-2H3,(H,20,23). The molecular weight excluding hydrogens is 342 g/mol. The van der Waals surface area contributed by atoms with Gasteiger partial charge in [-0.05, 0) is 50.2 Å². The SMILES string of the molecule is Cc1ccc(C(C)NC(=O)CCc2nc(-c3ccc(Cl)cc3)no2)o1. The Balaban J connectivity index is 1.53. The maximum absolute atomic E-state index is 12.1. The molecule has 2 aromatic heterocycles. The number of halogens is 1. The molecule has 6 nitrogen and oxygen atoms in total. The minimum atomic E-state index is -0.187. The van der Waals surface area contributed by atoms with E-state index in [0.29, 0.717) is 23.2 Å². The van der Waals surface area contributed by atoms with Crippen molar-refractivity contribution in [3.05, 3.63) is 58.8 Å². The van der Waals surface area contributed by atoms with Gasteiger partial charge in [0.1, 0.15) is 11.5 Å². The predicted molar refractivity (Wildman–Crippen MR) is 93.1 cm³/mol. The van der Waals surface area contributed by atoms with E-state index in [2.05, 4.69) is 15.5 Å². The Kier molecular flexibility index (Phi) is 5.19. The zero-order chi connectivity index (χ0) is 17.8. The second kappa shape index (κ2) is 7.53. The van der Waals surface area contributed by atoms with Crippen molar-refractivity contribution in [3.63, 3.8) is 0 Å². The van der Waals surface area contributed by atoms with E-state index in [-0.39, 0.29) is 18.4 Å². The maximum atomic E-state index is 12.1. The first-order valence-corrected chi connectivity index (χ1v) is 8.33. The molecule has 25 heavy (non-hydrogen) atoms. The Hall–Kier alpha value is -2.60. The molecule has 1 aromatic carbocycles. The summed E-state index contributed by atoms with van der Waals surface area (Å²) in [6.07, 6.45) is 0.628. The van der Waals surface area contributed by atoms with Crippen LogP contribution in [0.2, 0.25) is 5.02 Å². The highest BCUT2D eigenvalue weighted by atomic mass is 35.5. The average Bonchev–Trinajstić information content (AvgIpc) is 3.23. The molecule has 1 unspecified atom stereocenters. The number of carbonyl (C=O) groups is 1. The van der Waals surface area contributed by atoms with Gasteiger partial charge in [-0.3, -0.25) is 4.79 Å². The van der Waals surface area contributed by atoms with Crippen LogP contribution in [0.15, 0.2) is 45.3 Å². The molecule has 0 saturated carbocycles. The molecule has 1 atom stereocenters. The Morgan fingerprint density at radius 1 is 1.24 bits per heavy atom. The zero-order valence-electron chi connectivity index (χ0n) is 14.0. The Morgan fingerprint density at radius 2 is 2.00 bits per heavy atom. The smallest absolute Gasteiger partial charge is 0.227 e. The highest BCUT2D eigenvalue weighted by Gasteiger charge is 2.14. The van der Waals surface area contributed by atoms with Gasteiger partial charge in [0.15, 0.2) is 0 Å². The second-order valence-electron chi connectivity index (χ2n) is 5.76. The topological polar surface area (TPSA) is 81.2 Å². The van der Waals surface area contributed by atoms with Crippen LogP contribution in [0.3, 0.4) is 0 Å². The van der Waals surface area contributed by atoms with Crippen molar-refractivity contribution in [2.45, 2.75) is 32.7 Å². The van der Waals surface area contributed by atoms with E-state index in [1.807, 2.05) is 38.1 Å². The van der Waals surface area contributed by atoms with E-state index in [0.717, 1.165) is 17.1 Å². The van der Waals surface area contributed by atoms with Gasteiger partial charge in [-0.15, -0.1) is 0 Å². The summed E-state index contributed by atoms with van der Waals surface area (Å²) in [5, 5.41) is 7.46. The lowest BCUT2D eigenvalue weighted by Crippen LogP contribution is -2.26.